The topological polar surface area (TPSA) is 63.2 Å². The van der Waals surface area contributed by atoms with Crippen molar-refractivity contribution in [1.82, 2.24) is 0 Å². The molecule has 0 saturated carbocycles. The number of carbonyl (C=O) groups is 1. The van der Waals surface area contributed by atoms with Crippen molar-refractivity contribution in [2.45, 2.75) is 18.9 Å². The highest BCUT2D eigenvalue weighted by Crippen LogP contribution is 2.51. The standard InChI is InChI=1S/C23H28NO6.B23.HI/c1-24(2)10-9-14-11-19-22(30-13-29-19)23(28-5)20(14)15(24)12-16(25)21-17(26-3)7-6-8-18(21)27-4;1-13-19(12)22(18(10)11)23(20(14(2)3)15(4)5)21(16(6)7)17(8)9;/h6-8,11,15H,9-10,12-13H2,1-5H3;;1H/q+1;;/p-1. The van der Waals surface area contributed by atoms with Gasteiger partial charge in [-0.05, 0) is 23.8 Å². The molecular weight excluding hydrogens is 762 g/mol. The maximum Gasteiger partial charge on any atom is 0.231 e. The molecule has 0 aromatic heterocycles. The van der Waals surface area contributed by atoms with Crippen molar-refractivity contribution >= 4 is 170 Å². The molecule has 0 N–H and O–H groups in total. The molecule has 1 unspecified atom stereocenters. The summed E-state index contributed by atoms with van der Waals surface area (Å²) in [5, 5.41) is 0. The summed E-state index contributed by atoms with van der Waals surface area (Å²) in [7, 11) is 80.4. The molecule has 2 aromatic carbocycles. The fraction of sp³-hybridized carbons (Fsp3) is 0.435. The highest BCUT2D eigenvalue weighted by atomic mass is 127. The Morgan fingerprint density at radius 2 is 1.30 bits per heavy atom. The summed E-state index contributed by atoms with van der Waals surface area (Å²) in [5.41, 5.74) is 2.62. The molecule has 0 fully saturated rings. The van der Waals surface area contributed by atoms with E-state index in [0.717, 1.165) is 24.1 Å². The molecule has 2 heterocycles. The highest BCUT2D eigenvalue weighted by Gasteiger charge is 2.47. The van der Waals surface area contributed by atoms with Crippen LogP contribution in [0, 0.1) is 0 Å². The number of Topliss-reactive ketones (excluding diaryl/α,β-unsaturated/α-hetero) is 1. The third-order valence-electron chi connectivity index (χ3n) is 10.4. The number of likely N-dealkylation sites (N-methyl/N-ethyl adjacent to an activating group) is 1. The SMILES string of the molecule is COc1cccc(OC)c1C(=O)CC1c2c(cc3c(c2OC)OCO3)CC[N+]1(C)C.[B][B]B([B])B(B([B])[B])B(B(B([B])[B])B([B])[B])B(B([B])[B])B([B])[B].[I-]. The Morgan fingerprint density at radius 3 is 1.72 bits per heavy atom. The summed E-state index contributed by atoms with van der Waals surface area (Å²) in [4.78, 5) is 13.5. The molecule has 7 nitrogen and oxygen atoms in total. The van der Waals surface area contributed by atoms with E-state index >= 15 is 0 Å². The minimum atomic E-state index is -0.925. The van der Waals surface area contributed by atoms with Crippen LogP contribution >= 0.6 is 0 Å². The van der Waals surface area contributed by atoms with Crippen LogP contribution in [0.1, 0.15) is 33.9 Å². The Labute approximate surface area is 361 Å². The number of nitrogens with zero attached hydrogens (tertiary/aromatic N) is 1. The van der Waals surface area contributed by atoms with Crippen molar-refractivity contribution in [2.75, 3.05) is 48.8 Å². The van der Waals surface area contributed by atoms with E-state index in [-0.39, 0.29) is 49.0 Å². The Morgan fingerprint density at radius 1 is 0.796 bits per heavy atom. The molecule has 0 spiro atoms. The van der Waals surface area contributed by atoms with E-state index in [2.05, 4.69) is 14.1 Å². The summed E-state index contributed by atoms with van der Waals surface area (Å²) in [6.45, 7) is 1.08. The fourth-order valence-electron chi connectivity index (χ4n) is 7.73. The van der Waals surface area contributed by atoms with Gasteiger partial charge in [0.15, 0.2) is 17.3 Å². The van der Waals surface area contributed by atoms with Crippen molar-refractivity contribution in [3.05, 3.63) is 41.0 Å². The van der Waals surface area contributed by atoms with E-state index in [1.165, 1.54) is 7.06 Å². The molecule has 31 heteroatoms. The normalized spacial score (nSPS) is 14.2. The zero-order valence-corrected chi connectivity index (χ0v) is 33.9. The number of rotatable bonds is 16. The third-order valence-corrected chi connectivity index (χ3v) is 10.4. The first-order valence-corrected chi connectivity index (χ1v) is 17.3. The van der Waals surface area contributed by atoms with Gasteiger partial charge in [-0.1, -0.05) is 6.07 Å². The summed E-state index contributed by atoms with van der Waals surface area (Å²) in [6, 6.07) is 7.29. The van der Waals surface area contributed by atoms with Gasteiger partial charge in [0.1, 0.15) is 23.1 Å². The van der Waals surface area contributed by atoms with Crippen molar-refractivity contribution in [2.24, 2.45) is 0 Å². The number of methoxy groups -OCH3 is 3. The first kappa shape index (κ1) is 49.4. The van der Waals surface area contributed by atoms with E-state index in [4.69, 9.17) is 117 Å². The van der Waals surface area contributed by atoms with E-state index in [0.29, 0.717) is 38.8 Å². The summed E-state index contributed by atoms with van der Waals surface area (Å²) in [6.07, 6.45) is -6.87. The molecule has 1 atom stereocenters. The van der Waals surface area contributed by atoms with Crippen LogP contribution in [0.3, 0.4) is 0 Å². The number of halogens is 1. The first-order chi connectivity index (χ1) is 24.9. The van der Waals surface area contributed by atoms with Crippen LogP contribution in [-0.4, -0.2) is 223 Å². The summed E-state index contributed by atoms with van der Waals surface area (Å²) >= 11 is 0. The van der Waals surface area contributed by atoms with E-state index in [1.54, 1.807) is 33.5 Å². The van der Waals surface area contributed by atoms with E-state index in [9.17, 15) is 4.79 Å². The Balaban J connectivity index is 0.000000382. The van der Waals surface area contributed by atoms with Crippen LogP contribution in [0.5, 0.6) is 28.7 Å². The molecule has 0 bridgehead atoms. The number of carbonyl (C=O) groups excluding carboxylic acids is 1. The lowest BCUT2D eigenvalue weighted by Gasteiger charge is -2.45. The number of ketones is 1. The van der Waals surface area contributed by atoms with Crippen LogP contribution in [0.25, 0.3) is 0 Å². The largest absolute Gasteiger partial charge is 1.00 e. The molecule has 237 valence electrons. The van der Waals surface area contributed by atoms with Gasteiger partial charge >= 0.3 is 0 Å². The van der Waals surface area contributed by atoms with Gasteiger partial charge in [0.05, 0.1) is 54.0 Å². The predicted octanol–water partition coefficient (Wildman–Crippen LogP) is -8.37. The van der Waals surface area contributed by atoms with Crippen molar-refractivity contribution in [3.8, 4) is 28.7 Å². The minimum absolute atomic E-state index is 0. The number of hydrogen-bond acceptors (Lipinski definition) is 6. The lowest BCUT2D eigenvalue weighted by atomic mass is 8.36. The van der Waals surface area contributed by atoms with E-state index < -0.39 is 63.9 Å². The lowest BCUT2D eigenvalue weighted by Crippen LogP contribution is -3.00. The average molecular weight is 790 g/mol. The number of fused-ring (bicyclic) bond motifs is 2. The summed E-state index contributed by atoms with van der Waals surface area (Å²) < 4.78 is 28.6. The van der Waals surface area contributed by atoms with Gasteiger partial charge in [0, 0.05) is 170 Å². The van der Waals surface area contributed by atoms with Gasteiger partial charge in [0.2, 0.25) is 12.5 Å². The van der Waals surface area contributed by atoms with Crippen molar-refractivity contribution in [1.29, 1.82) is 0 Å². The van der Waals surface area contributed by atoms with Crippen LogP contribution < -0.4 is 47.7 Å². The van der Waals surface area contributed by atoms with Gasteiger partial charge in [-0.15, -0.1) is 0 Å². The maximum absolute atomic E-state index is 13.5. The lowest BCUT2D eigenvalue weighted by molar-refractivity contribution is -0.922. The second-order valence-corrected chi connectivity index (χ2v) is 14.1. The van der Waals surface area contributed by atoms with Crippen LogP contribution in [0.2, 0.25) is 0 Å². The molecule has 0 saturated heterocycles. The zero-order valence-electron chi connectivity index (χ0n) is 31.8. The van der Waals surface area contributed by atoms with Crippen LogP contribution in [0.4, 0.5) is 0 Å². The van der Waals surface area contributed by atoms with Crippen molar-refractivity contribution in [3.63, 3.8) is 0 Å². The molecule has 2 aliphatic rings. The highest BCUT2D eigenvalue weighted by molar-refractivity contribution is 8.22. The van der Waals surface area contributed by atoms with Crippen LogP contribution in [0.15, 0.2) is 24.3 Å². The van der Waals surface area contributed by atoms with E-state index in [1.807, 2.05) is 12.1 Å². The molecular formula is C23H28B23INO6. The van der Waals surface area contributed by atoms with Gasteiger partial charge in [-0.2, -0.15) is 0 Å². The molecule has 0 amide bonds. The second kappa shape index (κ2) is 21.9. The molecule has 2 aromatic rings. The average Bonchev–Trinajstić information content (AvgIpc) is 3.56. The number of ether oxygens (including phenoxy) is 5. The number of benzene rings is 2. The Bertz CT molecular complexity index is 1470. The second-order valence-electron chi connectivity index (χ2n) is 14.1. The molecule has 54 heavy (non-hydrogen) atoms. The maximum atomic E-state index is 13.5. The smallest absolute Gasteiger partial charge is 0.231 e. The van der Waals surface area contributed by atoms with Crippen molar-refractivity contribution < 1.29 is 56.9 Å². The third kappa shape index (κ3) is 11.3. The summed E-state index contributed by atoms with van der Waals surface area (Å²) in [5.74, 6) is 2.97. The fourth-order valence-corrected chi connectivity index (χ4v) is 7.73. The van der Waals surface area contributed by atoms with Gasteiger partial charge in [0.25, 0.3) is 0 Å². The minimum Gasteiger partial charge on any atom is -1.00 e. The molecule has 25 radical (unpaired) electrons. The molecule has 4 rings (SSSR count). The monoisotopic (exact) mass is 794 g/mol. The van der Waals surface area contributed by atoms with Gasteiger partial charge in [-0.25, -0.2) is 0 Å². The molecule has 0 aliphatic carbocycles. The van der Waals surface area contributed by atoms with Crippen LogP contribution in [-0.2, 0) is 6.42 Å². The Hall–Kier alpha value is -0.706. The zero-order chi connectivity index (χ0) is 39.9. The van der Waals surface area contributed by atoms with Gasteiger partial charge in [-0.3, -0.25) is 4.79 Å². The Kier molecular flexibility index (Phi) is 20.0. The molecule has 2 aliphatic heterocycles. The predicted molar refractivity (Wildman–Crippen MR) is 243 cm³/mol. The quantitative estimate of drug-likeness (QED) is 0.0730. The first-order valence-electron chi connectivity index (χ1n) is 17.3. The number of quaternary nitrogens is 1. The van der Waals surface area contributed by atoms with Gasteiger partial charge < -0.3 is 52.1 Å². The number of hydrogen-bond donors (Lipinski definition) is 0.